The Bertz CT molecular complexity index is 205. The summed E-state index contributed by atoms with van der Waals surface area (Å²) in [5.74, 6) is 0.607. The van der Waals surface area contributed by atoms with E-state index in [0.717, 1.165) is 6.54 Å². The highest BCUT2D eigenvalue weighted by atomic mass is 16.5. The van der Waals surface area contributed by atoms with E-state index in [0.29, 0.717) is 18.6 Å². The van der Waals surface area contributed by atoms with Crippen LogP contribution in [-0.2, 0) is 9.53 Å². The molecule has 0 spiro atoms. The predicted molar refractivity (Wildman–Crippen MR) is 56.0 cm³/mol. The molecule has 0 aliphatic carbocycles. The molecular formula is C11H21NO2. The lowest BCUT2D eigenvalue weighted by Gasteiger charge is -2.26. The number of esters is 1. The van der Waals surface area contributed by atoms with Crippen LogP contribution in [0, 0.1) is 5.92 Å². The van der Waals surface area contributed by atoms with Gasteiger partial charge in [-0.25, -0.2) is 0 Å². The summed E-state index contributed by atoms with van der Waals surface area (Å²) in [5.41, 5.74) is 0. The molecule has 1 rings (SSSR count). The summed E-state index contributed by atoms with van der Waals surface area (Å²) in [6, 6.07) is 0.416. The van der Waals surface area contributed by atoms with Gasteiger partial charge in [-0.2, -0.15) is 0 Å². The number of carbonyl (C=O) groups is 1. The van der Waals surface area contributed by atoms with E-state index >= 15 is 0 Å². The fourth-order valence-electron chi connectivity index (χ4n) is 2.27. The topological polar surface area (TPSA) is 29.5 Å². The molecule has 1 heterocycles. The van der Waals surface area contributed by atoms with Crippen molar-refractivity contribution < 1.29 is 9.53 Å². The Morgan fingerprint density at radius 2 is 2.21 bits per heavy atom. The molecule has 1 aliphatic heterocycles. The average molecular weight is 199 g/mol. The molecule has 0 aromatic rings. The number of nitrogens with zero attached hydrogens (tertiary/aromatic N) is 1. The van der Waals surface area contributed by atoms with E-state index in [1.807, 2.05) is 13.8 Å². The summed E-state index contributed by atoms with van der Waals surface area (Å²) in [6.07, 6.45) is 1.18. The Morgan fingerprint density at radius 3 is 2.64 bits per heavy atom. The summed E-state index contributed by atoms with van der Waals surface area (Å²) >= 11 is 0. The van der Waals surface area contributed by atoms with E-state index in [9.17, 15) is 4.79 Å². The fraction of sp³-hybridized carbons (Fsp3) is 0.909. The van der Waals surface area contributed by atoms with Gasteiger partial charge in [-0.05, 0) is 33.1 Å². The second-order valence-corrected chi connectivity index (χ2v) is 4.31. The van der Waals surface area contributed by atoms with E-state index in [-0.39, 0.29) is 12.0 Å². The van der Waals surface area contributed by atoms with Crippen LogP contribution in [0.3, 0.4) is 0 Å². The Labute approximate surface area is 86.4 Å². The summed E-state index contributed by atoms with van der Waals surface area (Å²) in [4.78, 5) is 13.8. The van der Waals surface area contributed by atoms with E-state index in [1.54, 1.807) is 0 Å². The van der Waals surface area contributed by atoms with Gasteiger partial charge in [-0.3, -0.25) is 9.69 Å². The second kappa shape index (κ2) is 4.78. The van der Waals surface area contributed by atoms with Crippen LogP contribution >= 0.6 is 0 Å². The largest absolute Gasteiger partial charge is 0.465 e. The van der Waals surface area contributed by atoms with Crippen LogP contribution in [0.15, 0.2) is 0 Å². The number of hydrogen-bond acceptors (Lipinski definition) is 3. The highest BCUT2D eigenvalue weighted by Gasteiger charge is 2.33. The lowest BCUT2D eigenvalue weighted by atomic mass is 10.1. The van der Waals surface area contributed by atoms with Gasteiger partial charge in [0.15, 0.2) is 0 Å². The highest BCUT2D eigenvalue weighted by molar-refractivity contribution is 5.75. The summed E-state index contributed by atoms with van der Waals surface area (Å²) in [5, 5.41) is 0. The van der Waals surface area contributed by atoms with Gasteiger partial charge in [0.05, 0.1) is 6.61 Å². The first kappa shape index (κ1) is 11.5. The third kappa shape index (κ3) is 2.47. The van der Waals surface area contributed by atoms with Crippen LogP contribution < -0.4 is 0 Å². The van der Waals surface area contributed by atoms with E-state index < -0.39 is 0 Å². The number of carbonyl (C=O) groups excluding carboxylic acids is 1. The lowest BCUT2D eigenvalue weighted by Crippen LogP contribution is -2.42. The molecule has 1 saturated heterocycles. The number of hydrogen-bond donors (Lipinski definition) is 0. The molecule has 0 N–H and O–H groups in total. The van der Waals surface area contributed by atoms with Crippen LogP contribution in [-0.4, -0.2) is 36.1 Å². The van der Waals surface area contributed by atoms with Crippen LogP contribution in [0.1, 0.15) is 34.1 Å². The van der Waals surface area contributed by atoms with Crippen molar-refractivity contribution in [1.29, 1.82) is 0 Å². The summed E-state index contributed by atoms with van der Waals surface area (Å²) in [6.45, 7) is 9.68. The Balaban J connectivity index is 2.51. The van der Waals surface area contributed by atoms with Gasteiger partial charge >= 0.3 is 5.97 Å². The van der Waals surface area contributed by atoms with Crippen LogP contribution in [0.2, 0.25) is 0 Å². The third-order valence-corrected chi connectivity index (χ3v) is 2.96. The molecule has 82 valence electrons. The summed E-state index contributed by atoms with van der Waals surface area (Å²) in [7, 11) is 0. The predicted octanol–water partition coefficient (Wildman–Crippen LogP) is 1.67. The normalized spacial score (nSPS) is 30.3. The third-order valence-electron chi connectivity index (χ3n) is 2.96. The zero-order chi connectivity index (χ0) is 10.7. The first-order chi connectivity index (χ1) is 6.56. The van der Waals surface area contributed by atoms with E-state index in [1.165, 1.54) is 6.42 Å². The molecular weight excluding hydrogens is 178 g/mol. The van der Waals surface area contributed by atoms with E-state index in [2.05, 4.69) is 18.7 Å². The van der Waals surface area contributed by atoms with Gasteiger partial charge in [0.25, 0.3) is 0 Å². The minimum absolute atomic E-state index is 0.0881. The second-order valence-electron chi connectivity index (χ2n) is 4.31. The van der Waals surface area contributed by atoms with Crippen molar-refractivity contribution in [2.75, 3.05) is 13.2 Å². The van der Waals surface area contributed by atoms with Crippen LogP contribution in [0.5, 0.6) is 0 Å². The van der Waals surface area contributed by atoms with Crippen molar-refractivity contribution in [3.05, 3.63) is 0 Å². The maximum atomic E-state index is 11.5. The maximum Gasteiger partial charge on any atom is 0.323 e. The molecule has 0 aromatic carbocycles. The molecule has 0 bridgehead atoms. The van der Waals surface area contributed by atoms with Crippen LogP contribution in [0.4, 0.5) is 0 Å². The molecule has 1 aliphatic rings. The van der Waals surface area contributed by atoms with Gasteiger partial charge in [0, 0.05) is 12.6 Å². The maximum absolute atomic E-state index is 11.5. The van der Waals surface area contributed by atoms with Gasteiger partial charge in [-0.1, -0.05) is 6.92 Å². The molecule has 3 heteroatoms. The first-order valence-electron chi connectivity index (χ1n) is 5.48. The van der Waals surface area contributed by atoms with Crippen LogP contribution in [0.25, 0.3) is 0 Å². The first-order valence-corrected chi connectivity index (χ1v) is 5.48. The Morgan fingerprint density at radius 1 is 1.57 bits per heavy atom. The number of rotatable bonds is 3. The minimum atomic E-state index is -0.0894. The number of ether oxygens (including phenoxy) is 1. The molecule has 0 saturated carbocycles. The van der Waals surface area contributed by atoms with E-state index in [4.69, 9.17) is 4.74 Å². The van der Waals surface area contributed by atoms with Crippen molar-refractivity contribution in [1.82, 2.24) is 4.90 Å². The quantitative estimate of drug-likeness (QED) is 0.647. The molecule has 3 atom stereocenters. The highest BCUT2D eigenvalue weighted by Crippen LogP contribution is 2.24. The van der Waals surface area contributed by atoms with Gasteiger partial charge < -0.3 is 4.74 Å². The number of likely N-dealkylation sites (tertiary alicyclic amines) is 1. The van der Waals surface area contributed by atoms with Crippen molar-refractivity contribution in [3.8, 4) is 0 Å². The van der Waals surface area contributed by atoms with Gasteiger partial charge in [0.2, 0.25) is 0 Å². The zero-order valence-electron chi connectivity index (χ0n) is 9.62. The van der Waals surface area contributed by atoms with Crippen molar-refractivity contribution in [2.24, 2.45) is 5.92 Å². The molecule has 0 radical (unpaired) electrons. The fourth-order valence-corrected chi connectivity index (χ4v) is 2.27. The average Bonchev–Trinajstić information content (AvgIpc) is 2.44. The lowest BCUT2D eigenvalue weighted by molar-refractivity contribution is -0.149. The molecule has 0 amide bonds. The van der Waals surface area contributed by atoms with Crippen molar-refractivity contribution in [2.45, 2.75) is 46.2 Å². The molecule has 0 aromatic heterocycles. The molecule has 14 heavy (non-hydrogen) atoms. The summed E-state index contributed by atoms with van der Waals surface area (Å²) < 4.78 is 5.02. The zero-order valence-corrected chi connectivity index (χ0v) is 9.62. The minimum Gasteiger partial charge on any atom is -0.465 e. The Kier molecular flexibility index (Phi) is 3.93. The SMILES string of the molecule is CCOC(=O)C(C)N1CC(C)CC1C. The Hall–Kier alpha value is -0.570. The molecule has 1 fully saturated rings. The van der Waals surface area contributed by atoms with Crippen molar-refractivity contribution in [3.63, 3.8) is 0 Å². The monoisotopic (exact) mass is 199 g/mol. The molecule has 3 nitrogen and oxygen atoms in total. The van der Waals surface area contributed by atoms with Gasteiger partial charge in [0.1, 0.15) is 6.04 Å². The molecule has 3 unspecified atom stereocenters. The van der Waals surface area contributed by atoms with Gasteiger partial charge in [-0.15, -0.1) is 0 Å². The standard InChI is InChI=1S/C11H21NO2/c1-5-14-11(13)10(4)12-7-8(2)6-9(12)3/h8-10H,5-7H2,1-4H3. The smallest absolute Gasteiger partial charge is 0.323 e. The van der Waals surface area contributed by atoms with Crippen molar-refractivity contribution >= 4 is 5.97 Å².